The van der Waals surface area contributed by atoms with Gasteiger partial charge in [-0.1, -0.05) is 6.07 Å². The van der Waals surface area contributed by atoms with Crippen LogP contribution in [0.4, 0.5) is 0 Å². The number of carbonyl (C=O) groups is 1. The van der Waals surface area contributed by atoms with Gasteiger partial charge in [0.1, 0.15) is 0 Å². The Balaban J connectivity index is 0.00000121. The molecule has 0 aromatic carbocycles. The van der Waals surface area contributed by atoms with Crippen molar-refractivity contribution in [1.29, 1.82) is 0 Å². The van der Waals surface area contributed by atoms with Crippen LogP contribution in [0.1, 0.15) is 5.56 Å². The van der Waals surface area contributed by atoms with Crippen LogP contribution in [0.3, 0.4) is 0 Å². The fourth-order valence-electron chi connectivity index (χ4n) is 0.739. The molecule has 0 saturated heterocycles. The van der Waals surface area contributed by atoms with Crippen LogP contribution >= 0.6 is 12.4 Å². The summed E-state index contributed by atoms with van der Waals surface area (Å²) < 4.78 is 0. The molecule has 1 aromatic heterocycles. The van der Waals surface area contributed by atoms with E-state index in [1.54, 1.807) is 18.5 Å². The van der Waals surface area contributed by atoms with Gasteiger partial charge in [-0.2, -0.15) is 0 Å². The van der Waals surface area contributed by atoms with E-state index >= 15 is 0 Å². The fourth-order valence-corrected chi connectivity index (χ4v) is 0.739. The highest BCUT2D eigenvalue weighted by Crippen LogP contribution is 1.95. The van der Waals surface area contributed by atoms with E-state index in [1.807, 2.05) is 11.5 Å². The number of nitrogens with one attached hydrogen (secondary N) is 1. The predicted molar refractivity (Wildman–Crippen MR) is 47.5 cm³/mol. The van der Waals surface area contributed by atoms with Gasteiger partial charge in [0.2, 0.25) is 5.91 Å². The van der Waals surface area contributed by atoms with E-state index in [0.29, 0.717) is 0 Å². The number of hydrogen-bond acceptors (Lipinski definition) is 3. The first-order valence-corrected chi connectivity index (χ1v) is 3.21. The zero-order chi connectivity index (χ0) is 8.10. The lowest BCUT2D eigenvalue weighted by Crippen LogP contribution is -2.31. The maximum absolute atomic E-state index is 10.7. The van der Waals surface area contributed by atoms with Gasteiger partial charge in [-0.3, -0.25) is 15.2 Å². The molecule has 0 spiro atoms. The van der Waals surface area contributed by atoms with Crippen LogP contribution in [0.2, 0.25) is 0 Å². The van der Waals surface area contributed by atoms with E-state index in [0.717, 1.165) is 5.56 Å². The zero-order valence-corrected chi connectivity index (χ0v) is 7.17. The topological polar surface area (TPSA) is 68.0 Å². The highest BCUT2D eigenvalue weighted by Gasteiger charge is 1.98. The van der Waals surface area contributed by atoms with Crippen molar-refractivity contribution in [3.8, 4) is 0 Å². The molecule has 0 aliphatic rings. The van der Waals surface area contributed by atoms with Crippen molar-refractivity contribution in [2.24, 2.45) is 5.84 Å². The number of nitrogens with two attached hydrogens (primary N) is 1. The molecule has 0 fully saturated rings. The monoisotopic (exact) mass is 187 g/mol. The molecule has 1 rings (SSSR count). The van der Waals surface area contributed by atoms with Gasteiger partial charge in [-0.25, -0.2) is 5.84 Å². The van der Waals surface area contributed by atoms with E-state index in [1.165, 1.54) is 0 Å². The molecule has 5 heteroatoms. The number of pyridine rings is 1. The Morgan fingerprint density at radius 3 is 2.92 bits per heavy atom. The second-order valence-corrected chi connectivity index (χ2v) is 2.11. The predicted octanol–water partition coefficient (Wildman–Crippen LogP) is 0.0358. The standard InChI is InChI=1S/C7H9N3O.ClH/c8-10-7(11)4-6-2-1-3-9-5-6;/h1-3,5H,4,8H2,(H,10,11);1H. The van der Waals surface area contributed by atoms with Crippen LogP contribution in [0.15, 0.2) is 24.5 Å². The third kappa shape index (κ3) is 3.32. The van der Waals surface area contributed by atoms with Gasteiger partial charge in [-0.15, -0.1) is 12.4 Å². The first-order valence-electron chi connectivity index (χ1n) is 3.21. The van der Waals surface area contributed by atoms with Gasteiger partial charge in [0.05, 0.1) is 6.42 Å². The van der Waals surface area contributed by atoms with Crippen molar-refractivity contribution in [3.63, 3.8) is 0 Å². The Bertz CT molecular complexity index is 240. The summed E-state index contributed by atoms with van der Waals surface area (Å²) in [7, 11) is 0. The first kappa shape index (κ1) is 10.9. The number of halogens is 1. The Morgan fingerprint density at radius 1 is 1.67 bits per heavy atom. The van der Waals surface area contributed by atoms with Crippen molar-refractivity contribution < 1.29 is 4.79 Å². The Kier molecular flexibility index (Phi) is 4.99. The third-order valence-electron chi connectivity index (χ3n) is 1.25. The molecule has 0 aliphatic heterocycles. The quantitative estimate of drug-likeness (QED) is 0.390. The van der Waals surface area contributed by atoms with Crippen molar-refractivity contribution in [3.05, 3.63) is 30.1 Å². The van der Waals surface area contributed by atoms with Gasteiger partial charge in [0.15, 0.2) is 0 Å². The van der Waals surface area contributed by atoms with Crippen LogP contribution in [-0.2, 0) is 11.2 Å². The Morgan fingerprint density at radius 2 is 2.42 bits per heavy atom. The molecule has 0 radical (unpaired) electrons. The number of hydrogen-bond donors (Lipinski definition) is 2. The van der Waals surface area contributed by atoms with Gasteiger partial charge < -0.3 is 0 Å². The Labute approximate surface area is 76.6 Å². The molecule has 0 saturated carbocycles. The number of amides is 1. The maximum Gasteiger partial charge on any atom is 0.238 e. The smallest absolute Gasteiger partial charge is 0.238 e. The van der Waals surface area contributed by atoms with Crippen LogP contribution in [0.5, 0.6) is 0 Å². The maximum atomic E-state index is 10.7. The summed E-state index contributed by atoms with van der Waals surface area (Å²) in [5.41, 5.74) is 2.90. The highest BCUT2D eigenvalue weighted by atomic mass is 35.5. The molecule has 12 heavy (non-hydrogen) atoms. The number of aromatic nitrogens is 1. The molecule has 0 bridgehead atoms. The number of carbonyl (C=O) groups excluding carboxylic acids is 1. The molecular weight excluding hydrogens is 178 g/mol. The zero-order valence-electron chi connectivity index (χ0n) is 6.36. The van der Waals surface area contributed by atoms with E-state index in [9.17, 15) is 4.79 Å². The Hall–Kier alpha value is -1.13. The summed E-state index contributed by atoms with van der Waals surface area (Å²) in [5, 5.41) is 0. The van der Waals surface area contributed by atoms with Crippen molar-refractivity contribution >= 4 is 18.3 Å². The summed E-state index contributed by atoms with van der Waals surface area (Å²) in [6.07, 6.45) is 3.57. The van der Waals surface area contributed by atoms with Crippen molar-refractivity contribution in [2.75, 3.05) is 0 Å². The molecule has 3 N–H and O–H groups in total. The normalized spacial score (nSPS) is 8.42. The van der Waals surface area contributed by atoms with E-state index in [2.05, 4.69) is 4.98 Å². The summed E-state index contributed by atoms with van der Waals surface area (Å²) in [4.78, 5) is 14.6. The van der Waals surface area contributed by atoms with Crippen LogP contribution in [-0.4, -0.2) is 10.9 Å². The molecule has 0 atom stereocenters. The van der Waals surface area contributed by atoms with E-state index < -0.39 is 0 Å². The van der Waals surface area contributed by atoms with Gasteiger partial charge in [-0.05, 0) is 11.6 Å². The lowest BCUT2D eigenvalue weighted by atomic mass is 10.2. The average molecular weight is 188 g/mol. The molecule has 1 amide bonds. The van der Waals surface area contributed by atoms with Crippen molar-refractivity contribution in [1.82, 2.24) is 10.4 Å². The summed E-state index contributed by atoms with van der Waals surface area (Å²) in [6, 6.07) is 3.60. The summed E-state index contributed by atoms with van der Waals surface area (Å²) in [6.45, 7) is 0. The summed E-state index contributed by atoms with van der Waals surface area (Å²) >= 11 is 0. The van der Waals surface area contributed by atoms with Crippen LogP contribution in [0, 0.1) is 0 Å². The molecule has 1 aromatic rings. The summed E-state index contributed by atoms with van der Waals surface area (Å²) in [5.74, 6) is 4.69. The van der Waals surface area contributed by atoms with E-state index in [4.69, 9.17) is 5.84 Å². The minimum Gasteiger partial charge on any atom is -0.294 e. The minimum absolute atomic E-state index is 0. The second kappa shape index (κ2) is 5.51. The lowest BCUT2D eigenvalue weighted by Gasteiger charge is -1.97. The minimum atomic E-state index is -0.210. The van der Waals surface area contributed by atoms with Crippen LogP contribution in [0.25, 0.3) is 0 Å². The third-order valence-corrected chi connectivity index (χ3v) is 1.25. The molecule has 0 aliphatic carbocycles. The van der Waals surface area contributed by atoms with Gasteiger partial charge >= 0.3 is 0 Å². The van der Waals surface area contributed by atoms with Crippen LogP contribution < -0.4 is 11.3 Å². The van der Waals surface area contributed by atoms with Gasteiger partial charge in [0, 0.05) is 12.4 Å². The molecule has 0 unspecified atom stereocenters. The lowest BCUT2D eigenvalue weighted by molar-refractivity contribution is -0.120. The number of rotatable bonds is 2. The first-order chi connectivity index (χ1) is 5.33. The number of nitrogens with zero attached hydrogens (tertiary/aromatic N) is 1. The largest absolute Gasteiger partial charge is 0.294 e. The van der Waals surface area contributed by atoms with E-state index in [-0.39, 0.29) is 24.7 Å². The molecular formula is C7H10ClN3O. The molecule has 1 heterocycles. The van der Waals surface area contributed by atoms with Crippen molar-refractivity contribution in [2.45, 2.75) is 6.42 Å². The number of hydrazine groups is 1. The molecule has 4 nitrogen and oxygen atoms in total. The fraction of sp³-hybridized carbons (Fsp3) is 0.143. The van der Waals surface area contributed by atoms with Gasteiger partial charge in [0.25, 0.3) is 0 Å². The highest BCUT2D eigenvalue weighted by molar-refractivity contribution is 5.85. The SMILES string of the molecule is Cl.NNC(=O)Cc1cccnc1. The molecule has 66 valence electrons. The average Bonchev–Trinajstić information content (AvgIpc) is 2.06. The second-order valence-electron chi connectivity index (χ2n) is 2.11.